The first kappa shape index (κ1) is 11.7. The van der Waals surface area contributed by atoms with Gasteiger partial charge in [0, 0.05) is 0 Å². The molecule has 0 fully saturated rings. The number of thiazole rings is 1. The second-order valence-corrected chi connectivity index (χ2v) is 4.14. The predicted octanol–water partition coefficient (Wildman–Crippen LogP) is 1.22. The van der Waals surface area contributed by atoms with Crippen molar-refractivity contribution in [2.45, 2.75) is 0 Å². The Labute approximate surface area is 102 Å². The summed E-state index contributed by atoms with van der Waals surface area (Å²) in [6.45, 7) is 0. The molecule has 10 heteroatoms. The maximum atomic E-state index is 11.6. The molecule has 2 aromatic rings. The number of rotatable bonds is 2. The van der Waals surface area contributed by atoms with Gasteiger partial charge in [-0.2, -0.15) is 5.26 Å². The highest BCUT2D eigenvalue weighted by Crippen LogP contribution is 2.33. The summed E-state index contributed by atoms with van der Waals surface area (Å²) in [5.41, 5.74) is -1.38. The van der Waals surface area contributed by atoms with Gasteiger partial charge < -0.3 is 5.21 Å². The molecule has 0 N–H and O–H groups in total. The first-order chi connectivity index (χ1) is 8.45. The number of benzene rings is 1. The van der Waals surface area contributed by atoms with Crippen molar-refractivity contribution >= 4 is 32.9 Å². The summed E-state index contributed by atoms with van der Waals surface area (Å²) in [5, 5.41) is 41.3. The Bertz CT molecular complexity index is 731. The summed E-state index contributed by atoms with van der Waals surface area (Å²) in [4.78, 5) is 19.7. The zero-order valence-corrected chi connectivity index (χ0v) is 9.21. The van der Waals surface area contributed by atoms with Gasteiger partial charge in [0.25, 0.3) is 11.4 Å². The average Bonchev–Trinajstić information content (AvgIpc) is 2.65. The molecular formula is C8H2N4O5S. The molecule has 0 aliphatic rings. The normalized spacial score (nSPS) is 10.2. The van der Waals surface area contributed by atoms with Crippen molar-refractivity contribution in [3.05, 3.63) is 42.6 Å². The van der Waals surface area contributed by atoms with Crippen molar-refractivity contribution in [3.63, 3.8) is 0 Å². The fourth-order valence-corrected chi connectivity index (χ4v) is 2.30. The molecule has 0 saturated heterocycles. The van der Waals surface area contributed by atoms with Crippen LogP contribution in [0.3, 0.4) is 0 Å². The van der Waals surface area contributed by atoms with E-state index in [1.54, 1.807) is 6.07 Å². The lowest BCUT2D eigenvalue weighted by molar-refractivity contribution is -0.575. The number of hydrogen-bond donors (Lipinski definition) is 0. The summed E-state index contributed by atoms with van der Waals surface area (Å²) >= 11 is 0.624. The van der Waals surface area contributed by atoms with Crippen LogP contribution in [0.15, 0.2) is 12.1 Å². The summed E-state index contributed by atoms with van der Waals surface area (Å²) in [6, 6.07) is 3.25. The van der Waals surface area contributed by atoms with E-state index in [0.29, 0.717) is 11.3 Å². The number of hydrogen-bond acceptors (Lipinski definition) is 7. The van der Waals surface area contributed by atoms with Crippen LogP contribution in [0.5, 0.6) is 0 Å². The minimum Gasteiger partial charge on any atom is -0.617 e. The molecule has 0 amide bonds. The summed E-state index contributed by atoms with van der Waals surface area (Å²) in [7, 11) is 0. The van der Waals surface area contributed by atoms with Gasteiger partial charge in [-0.3, -0.25) is 20.2 Å². The van der Waals surface area contributed by atoms with Crippen LogP contribution >= 0.6 is 11.3 Å². The predicted molar refractivity (Wildman–Crippen MR) is 58.8 cm³/mol. The Morgan fingerprint density at radius 3 is 2.44 bits per heavy atom. The quantitative estimate of drug-likeness (QED) is 0.346. The van der Waals surface area contributed by atoms with Gasteiger partial charge >= 0.3 is 5.01 Å². The van der Waals surface area contributed by atoms with E-state index in [9.17, 15) is 25.4 Å². The van der Waals surface area contributed by atoms with Gasteiger partial charge in [-0.1, -0.05) is 0 Å². The molecule has 1 aromatic carbocycles. The van der Waals surface area contributed by atoms with E-state index >= 15 is 0 Å². The van der Waals surface area contributed by atoms with Gasteiger partial charge in [0.1, 0.15) is 0 Å². The van der Waals surface area contributed by atoms with Gasteiger partial charge in [0.05, 0.1) is 22.0 Å². The van der Waals surface area contributed by atoms with Gasteiger partial charge in [-0.05, 0) is 11.3 Å². The van der Waals surface area contributed by atoms with Crippen LogP contribution in [0.25, 0.3) is 10.2 Å². The van der Waals surface area contributed by atoms with E-state index in [-0.39, 0.29) is 20.0 Å². The lowest BCUT2D eigenvalue weighted by Crippen LogP contribution is -2.27. The van der Waals surface area contributed by atoms with Crippen molar-refractivity contribution in [3.8, 4) is 6.07 Å². The fourth-order valence-electron chi connectivity index (χ4n) is 1.40. The largest absolute Gasteiger partial charge is 0.617 e. The number of nitrogens with zero attached hydrogens (tertiary/aromatic N) is 4. The second kappa shape index (κ2) is 3.90. The Morgan fingerprint density at radius 1 is 1.28 bits per heavy atom. The number of nitro benzene ring substituents is 2. The summed E-state index contributed by atoms with van der Waals surface area (Å²) < 4.78 is 0.0946. The lowest BCUT2D eigenvalue weighted by Gasteiger charge is -1.94. The van der Waals surface area contributed by atoms with Gasteiger partial charge in [-0.25, -0.2) is 0 Å². The topological polar surface area (TPSA) is 137 Å². The SMILES string of the molecule is N#Cc1sc2c([N+](=O)[O-])cc([N+](=O)[O-])cc2[n+]1[O-]. The second-order valence-electron chi connectivity index (χ2n) is 3.14. The van der Waals surface area contributed by atoms with E-state index in [1.165, 1.54) is 0 Å². The molecule has 2 rings (SSSR count). The number of nitro groups is 2. The molecule has 1 heterocycles. The third kappa shape index (κ3) is 1.59. The molecule has 0 atom stereocenters. The molecule has 0 unspecified atom stereocenters. The van der Waals surface area contributed by atoms with Crippen molar-refractivity contribution in [1.29, 1.82) is 5.26 Å². The fraction of sp³-hybridized carbons (Fsp3) is 0. The highest BCUT2D eigenvalue weighted by atomic mass is 32.1. The Hall–Kier alpha value is -2.80. The maximum Gasteiger partial charge on any atom is 0.353 e. The van der Waals surface area contributed by atoms with Crippen molar-refractivity contribution in [2.24, 2.45) is 0 Å². The Balaban J connectivity index is 2.93. The first-order valence-corrected chi connectivity index (χ1v) is 5.16. The standard InChI is InChI=1S/C8H2N4O5S/c9-3-7-10(13)5-1-4(11(14)15)2-6(12(16)17)8(5)18-7/h1-2H. The molecular weight excluding hydrogens is 264 g/mol. The molecule has 0 spiro atoms. The number of aromatic nitrogens is 1. The molecule has 0 radical (unpaired) electrons. The first-order valence-electron chi connectivity index (χ1n) is 4.34. The zero-order valence-electron chi connectivity index (χ0n) is 8.39. The van der Waals surface area contributed by atoms with Crippen molar-refractivity contribution < 1.29 is 14.6 Å². The number of fused-ring (bicyclic) bond motifs is 1. The van der Waals surface area contributed by atoms with Gasteiger partial charge in [0.2, 0.25) is 5.52 Å². The molecule has 0 bridgehead atoms. The Morgan fingerprint density at radius 2 is 1.94 bits per heavy atom. The van der Waals surface area contributed by atoms with E-state index in [1.807, 2.05) is 0 Å². The summed E-state index contributed by atoms with van der Waals surface area (Å²) in [5.74, 6) is 0. The van der Waals surface area contributed by atoms with Crippen molar-refractivity contribution in [2.75, 3.05) is 0 Å². The number of non-ortho nitro benzene ring substituents is 2. The zero-order chi connectivity index (χ0) is 13.4. The summed E-state index contributed by atoms with van der Waals surface area (Å²) in [6.07, 6.45) is 0. The lowest BCUT2D eigenvalue weighted by atomic mass is 10.2. The van der Waals surface area contributed by atoms with Crippen LogP contribution in [-0.2, 0) is 0 Å². The van der Waals surface area contributed by atoms with E-state index in [4.69, 9.17) is 5.26 Å². The molecule has 1 aromatic heterocycles. The van der Waals surface area contributed by atoms with E-state index in [0.717, 1.165) is 12.1 Å². The minimum absolute atomic E-state index is 0.0582. The molecule has 18 heavy (non-hydrogen) atoms. The van der Waals surface area contributed by atoms with Crippen LogP contribution < -0.4 is 4.73 Å². The molecule has 0 aliphatic heterocycles. The molecule has 0 saturated carbocycles. The Kier molecular flexibility index (Phi) is 2.53. The van der Waals surface area contributed by atoms with E-state index < -0.39 is 21.2 Å². The monoisotopic (exact) mass is 266 g/mol. The third-order valence-corrected chi connectivity index (χ3v) is 3.21. The van der Waals surface area contributed by atoms with Crippen LogP contribution in [0.1, 0.15) is 5.01 Å². The van der Waals surface area contributed by atoms with E-state index in [2.05, 4.69) is 0 Å². The van der Waals surface area contributed by atoms with Crippen LogP contribution in [0.4, 0.5) is 11.4 Å². The van der Waals surface area contributed by atoms with Crippen LogP contribution in [0, 0.1) is 36.8 Å². The molecule has 90 valence electrons. The van der Waals surface area contributed by atoms with Crippen molar-refractivity contribution in [1.82, 2.24) is 0 Å². The van der Waals surface area contributed by atoms with Gasteiger partial charge in [0.15, 0.2) is 10.8 Å². The molecule has 9 nitrogen and oxygen atoms in total. The van der Waals surface area contributed by atoms with Crippen LogP contribution in [-0.4, -0.2) is 9.85 Å². The minimum atomic E-state index is -0.837. The van der Waals surface area contributed by atoms with Gasteiger partial charge in [-0.15, -0.1) is 4.73 Å². The molecule has 0 aliphatic carbocycles. The highest BCUT2D eigenvalue weighted by Gasteiger charge is 2.28. The maximum absolute atomic E-state index is 11.6. The van der Waals surface area contributed by atoms with Crippen LogP contribution in [0.2, 0.25) is 0 Å². The smallest absolute Gasteiger partial charge is 0.353 e. The third-order valence-electron chi connectivity index (χ3n) is 2.14. The highest BCUT2D eigenvalue weighted by molar-refractivity contribution is 7.19. The average molecular weight is 266 g/mol. The number of nitriles is 1.